The highest BCUT2D eigenvalue weighted by Gasteiger charge is 2.06. The summed E-state index contributed by atoms with van der Waals surface area (Å²) >= 11 is 7.71. The molecule has 1 aromatic carbocycles. The van der Waals surface area contributed by atoms with Gasteiger partial charge in [-0.05, 0) is 25.5 Å². The van der Waals surface area contributed by atoms with Gasteiger partial charge in [-0.1, -0.05) is 29.8 Å². The van der Waals surface area contributed by atoms with Crippen molar-refractivity contribution in [3.05, 3.63) is 34.9 Å². The standard InChI is InChI=1S/C13H19ClO2S/c1-10(2)16-7-12(15)9-17-8-11-5-3-4-6-13(11)14/h3-6,10,12,15H,7-9H2,1-2H3. The SMILES string of the molecule is CC(C)OCC(O)CSCc1ccccc1Cl. The number of hydrogen-bond acceptors (Lipinski definition) is 3. The molecule has 0 bridgehead atoms. The topological polar surface area (TPSA) is 29.5 Å². The summed E-state index contributed by atoms with van der Waals surface area (Å²) in [7, 11) is 0. The Labute approximate surface area is 112 Å². The molecule has 0 heterocycles. The van der Waals surface area contributed by atoms with Crippen molar-refractivity contribution >= 4 is 23.4 Å². The van der Waals surface area contributed by atoms with E-state index < -0.39 is 6.10 Å². The summed E-state index contributed by atoms with van der Waals surface area (Å²) in [5, 5.41) is 10.5. The van der Waals surface area contributed by atoms with Crippen LogP contribution in [0.1, 0.15) is 19.4 Å². The highest BCUT2D eigenvalue weighted by atomic mass is 35.5. The molecule has 0 fully saturated rings. The molecule has 0 radical (unpaired) electrons. The average molecular weight is 275 g/mol. The van der Waals surface area contributed by atoms with Gasteiger partial charge in [0.25, 0.3) is 0 Å². The first-order valence-corrected chi connectivity index (χ1v) is 7.23. The van der Waals surface area contributed by atoms with E-state index in [9.17, 15) is 5.11 Å². The van der Waals surface area contributed by atoms with E-state index in [0.717, 1.165) is 16.3 Å². The Hall–Kier alpha value is -0.220. The third-order valence-electron chi connectivity index (χ3n) is 2.15. The quantitative estimate of drug-likeness (QED) is 0.827. The molecule has 0 spiro atoms. The Morgan fingerprint density at radius 2 is 2.06 bits per heavy atom. The molecule has 0 saturated heterocycles. The first kappa shape index (κ1) is 14.8. The van der Waals surface area contributed by atoms with Gasteiger partial charge < -0.3 is 9.84 Å². The van der Waals surface area contributed by atoms with E-state index in [1.807, 2.05) is 38.1 Å². The van der Waals surface area contributed by atoms with Crippen LogP contribution in [0.25, 0.3) is 0 Å². The maximum absolute atomic E-state index is 9.67. The first-order chi connectivity index (χ1) is 8.09. The highest BCUT2D eigenvalue weighted by Crippen LogP contribution is 2.21. The average Bonchev–Trinajstić information content (AvgIpc) is 2.29. The second kappa shape index (κ2) is 7.98. The van der Waals surface area contributed by atoms with Crippen molar-refractivity contribution in [1.82, 2.24) is 0 Å². The minimum absolute atomic E-state index is 0.165. The molecule has 1 N–H and O–H groups in total. The van der Waals surface area contributed by atoms with Crippen LogP contribution in [-0.2, 0) is 10.5 Å². The van der Waals surface area contributed by atoms with Gasteiger partial charge in [-0.15, -0.1) is 0 Å². The lowest BCUT2D eigenvalue weighted by atomic mass is 10.2. The molecule has 0 saturated carbocycles. The molecule has 0 aliphatic rings. The molecule has 2 nitrogen and oxygen atoms in total. The fraction of sp³-hybridized carbons (Fsp3) is 0.538. The summed E-state index contributed by atoms with van der Waals surface area (Å²) in [6, 6.07) is 7.78. The van der Waals surface area contributed by atoms with Crippen LogP contribution in [0.15, 0.2) is 24.3 Å². The van der Waals surface area contributed by atoms with E-state index in [2.05, 4.69) is 0 Å². The van der Waals surface area contributed by atoms with Gasteiger partial charge in [-0.2, -0.15) is 11.8 Å². The molecular formula is C13H19ClO2S. The predicted molar refractivity (Wildman–Crippen MR) is 74.7 cm³/mol. The molecule has 0 aromatic heterocycles. The molecule has 0 aliphatic heterocycles. The number of ether oxygens (including phenoxy) is 1. The van der Waals surface area contributed by atoms with E-state index in [1.54, 1.807) is 11.8 Å². The second-order valence-corrected chi connectivity index (χ2v) is 5.58. The molecule has 1 unspecified atom stereocenters. The van der Waals surface area contributed by atoms with Crippen molar-refractivity contribution in [2.75, 3.05) is 12.4 Å². The van der Waals surface area contributed by atoms with Crippen LogP contribution >= 0.6 is 23.4 Å². The van der Waals surface area contributed by atoms with Gasteiger partial charge in [0.1, 0.15) is 0 Å². The Balaban J connectivity index is 2.21. The summed E-state index contributed by atoms with van der Waals surface area (Å²) < 4.78 is 5.34. The molecule has 96 valence electrons. The fourth-order valence-electron chi connectivity index (χ4n) is 1.27. The molecule has 17 heavy (non-hydrogen) atoms. The summed E-state index contributed by atoms with van der Waals surface area (Å²) in [6.45, 7) is 4.32. The Morgan fingerprint density at radius 1 is 1.35 bits per heavy atom. The van der Waals surface area contributed by atoms with E-state index in [4.69, 9.17) is 16.3 Å². The third kappa shape index (κ3) is 6.32. The third-order valence-corrected chi connectivity index (χ3v) is 3.65. The van der Waals surface area contributed by atoms with Gasteiger partial charge in [0.05, 0.1) is 18.8 Å². The van der Waals surface area contributed by atoms with E-state index in [0.29, 0.717) is 12.4 Å². The summed E-state index contributed by atoms with van der Waals surface area (Å²) in [6.07, 6.45) is -0.247. The molecule has 1 rings (SSSR count). The molecule has 1 aromatic rings. The maximum atomic E-state index is 9.67. The smallest absolute Gasteiger partial charge is 0.0864 e. The van der Waals surface area contributed by atoms with Crippen LogP contribution < -0.4 is 0 Å². The molecule has 0 aliphatic carbocycles. The van der Waals surface area contributed by atoms with Gasteiger partial charge in [-0.25, -0.2) is 0 Å². The normalized spacial score (nSPS) is 13.0. The van der Waals surface area contributed by atoms with Crippen molar-refractivity contribution in [2.24, 2.45) is 0 Å². The van der Waals surface area contributed by atoms with E-state index in [-0.39, 0.29) is 6.10 Å². The van der Waals surface area contributed by atoms with Crippen LogP contribution in [0.3, 0.4) is 0 Å². The van der Waals surface area contributed by atoms with Crippen molar-refractivity contribution < 1.29 is 9.84 Å². The number of hydrogen-bond donors (Lipinski definition) is 1. The van der Waals surface area contributed by atoms with Gasteiger partial charge in [0.15, 0.2) is 0 Å². The Morgan fingerprint density at radius 3 is 2.71 bits per heavy atom. The van der Waals surface area contributed by atoms with Gasteiger partial charge in [-0.3, -0.25) is 0 Å². The molecule has 4 heteroatoms. The summed E-state index contributed by atoms with van der Waals surface area (Å²) in [5.41, 5.74) is 1.11. The lowest BCUT2D eigenvalue weighted by Gasteiger charge is -2.13. The molecular weight excluding hydrogens is 256 g/mol. The van der Waals surface area contributed by atoms with Crippen LogP contribution in [0.2, 0.25) is 5.02 Å². The number of halogens is 1. The van der Waals surface area contributed by atoms with Crippen LogP contribution in [-0.4, -0.2) is 29.7 Å². The van der Waals surface area contributed by atoms with Gasteiger partial charge in [0, 0.05) is 16.5 Å². The number of aliphatic hydroxyl groups excluding tert-OH is 1. The number of aliphatic hydroxyl groups is 1. The number of rotatable bonds is 7. The Kier molecular flexibility index (Phi) is 6.97. The number of benzene rings is 1. The highest BCUT2D eigenvalue weighted by molar-refractivity contribution is 7.98. The molecule has 0 amide bonds. The van der Waals surface area contributed by atoms with Crippen molar-refractivity contribution in [1.29, 1.82) is 0 Å². The zero-order valence-electron chi connectivity index (χ0n) is 10.2. The van der Waals surface area contributed by atoms with E-state index >= 15 is 0 Å². The van der Waals surface area contributed by atoms with Crippen LogP contribution in [0.5, 0.6) is 0 Å². The predicted octanol–water partition coefficient (Wildman–Crippen LogP) is 3.36. The number of thioether (sulfide) groups is 1. The minimum atomic E-state index is -0.412. The zero-order chi connectivity index (χ0) is 12.7. The van der Waals surface area contributed by atoms with Crippen LogP contribution in [0.4, 0.5) is 0 Å². The first-order valence-electron chi connectivity index (χ1n) is 5.70. The van der Waals surface area contributed by atoms with Crippen molar-refractivity contribution in [3.63, 3.8) is 0 Å². The largest absolute Gasteiger partial charge is 0.390 e. The lowest BCUT2D eigenvalue weighted by molar-refractivity contribution is 0.0152. The molecule has 1 atom stereocenters. The van der Waals surface area contributed by atoms with Crippen LogP contribution in [0, 0.1) is 0 Å². The van der Waals surface area contributed by atoms with Crippen molar-refractivity contribution in [2.45, 2.75) is 31.8 Å². The van der Waals surface area contributed by atoms with E-state index in [1.165, 1.54) is 0 Å². The van der Waals surface area contributed by atoms with Crippen molar-refractivity contribution in [3.8, 4) is 0 Å². The lowest BCUT2D eigenvalue weighted by Crippen LogP contribution is -2.20. The maximum Gasteiger partial charge on any atom is 0.0864 e. The monoisotopic (exact) mass is 274 g/mol. The Bertz CT molecular complexity index is 331. The zero-order valence-corrected chi connectivity index (χ0v) is 11.8. The minimum Gasteiger partial charge on any atom is -0.390 e. The van der Waals surface area contributed by atoms with Gasteiger partial charge in [0.2, 0.25) is 0 Å². The summed E-state index contributed by atoms with van der Waals surface area (Å²) in [4.78, 5) is 0. The fourth-order valence-corrected chi connectivity index (χ4v) is 2.51. The van der Waals surface area contributed by atoms with Gasteiger partial charge >= 0.3 is 0 Å². The second-order valence-electron chi connectivity index (χ2n) is 4.14. The summed E-state index contributed by atoms with van der Waals surface area (Å²) in [5.74, 6) is 1.48.